The predicted octanol–water partition coefficient (Wildman–Crippen LogP) is 6.70. The molecule has 0 amide bonds. The van der Waals surface area contributed by atoms with Crippen LogP contribution >= 0.6 is 26.3 Å². The molecule has 0 bridgehead atoms. The van der Waals surface area contributed by atoms with Gasteiger partial charge in [0.15, 0.2) is 0 Å². The van der Waals surface area contributed by atoms with Crippen LogP contribution in [0, 0.1) is 0 Å². The van der Waals surface area contributed by atoms with Gasteiger partial charge in [0.1, 0.15) is 0 Å². The molecule has 0 rings (SSSR count). The molecule has 0 aliphatic rings. The van der Waals surface area contributed by atoms with Crippen molar-refractivity contribution in [2.45, 2.75) is 72.6 Å². The molecule has 0 fully saturated rings. The van der Waals surface area contributed by atoms with Crippen molar-refractivity contribution in [3.63, 3.8) is 0 Å². The van der Waals surface area contributed by atoms with E-state index in [1.807, 2.05) is 0 Å². The molecule has 0 spiro atoms. The third-order valence-corrected chi connectivity index (χ3v) is 15.6. The van der Waals surface area contributed by atoms with Gasteiger partial charge in [0.2, 0.25) is 0 Å². The zero-order valence-corrected chi connectivity index (χ0v) is 15.7. The molecule has 0 radical (unpaired) electrons. The summed E-state index contributed by atoms with van der Waals surface area (Å²) in [4.78, 5) is 0. The molecule has 0 unspecified atom stereocenters. The Morgan fingerprint density at radius 3 is 1.18 bits per heavy atom. The molecule has 0 aliphatic carbocycles. The number of halogens is 1. The minimum absolute atomic E-state index is 1.37. The summed E-state index contributed by atoms with van der Waals surface area (Å²) in [6.07, 6.45) is 16.2. The summed E-state index contributed by atoms with van der Waals surface area (Å²) >= 11 is 3.01. The molecule has 17 heavy (non-hydrogen) atoms. The van der Waals surface area contributed by atoms with Crippen LogP contribution in [0.4, 0.5) is 0 Å². The van der Waals surface area contributed by atoms with Crippen molar-refractivity contribution >= 4 is 26.3 Å². The first kappa shape index (κ1) is 18.2. The fourth-order valence-corrected chi connectivity index (χ4v) is 13.2. The Bertz CT molecular complexity index is 167. The fourth-order valence-electron chi connectivity index (χ4n) is 2.89. The van der Waals surface area contributed by atoms with E-state index >= 15 is 0 Å². The average Bonchev–Trinajstić information content (AvgIpc) is 2.33. The summed E-state index contributed by atoms with van der Waals surface area (Å²) in [5.41, 5.74) is 0. The molecule has 2 heteroatoms. The first-order valence-corrected chi connectivity index (χ1v) is 13.5. The van der Waals surface area contributed by atoms with Gasteiger partial charge in [0.05, 0.1) is 0 Å². The molecule has 0 N–H and O–H groups in total. The second kappa shape index (κ2) is 9.13. The molecule has 0 atom stereocenters. The molecule has 0 heterocycles. The zero-order chi connectivity index (χ0) is 13.2. The normalized spacial score (nSPS) is 14.5. The molecule has 0 aromatic carbocycles. The van der Waals surface area contributed by atoms with E-state index in [1.165, 1.54) is 44.9 Å². The Balaban J connectivity index is 4.76. The number of hydrogen-bond acceptors (Lipinski definition) is 0. The molecule has 0 nitrogen and oxygen atoms in total. The van der Waals surface area contributed by atoms with Gasteiger partial charge in [-0.2, -0.15) is 0 Å². The number of hydrogen-bond donors (Lipinski definition) is 0. The fraction of sp³-hybridized carbons (Fsp3) is 1.00. The van der Waals surface area contributed by atoms with E-state index in [0.717, 1.165) is 0 Å². The third-order valence-electron chi connectivity index (χ3n) is 3.99. The first-order chi connectivity index (χ1) is 8.04. The van der Waals surface area contributed by atoms with E-state index in [2.05, 4.69) is 49.7 Å². The van der Waals surface area contributed by atoms with Gasteiger partial charge in [0.25, 0.3) is 0 Å². The summed E-state index contributed by atoms with van der Waals surface area (Å²) in [6, 6.07) is 0. The first-order valence-electron chi connectivity index (χ1n) is 7.76. The van der Waals surface area contributed by atoms with Gasteiger partial charge in [-0.25, -0.2) is 0 Å². The van der Waals surface area contributed by atoms with Crippen molar-refractivity contribution in [3.8, 4) is 0 Å². The van der Waals surface area contributed by atoms with E-state index in [0.29, 0.717) is 0 Å². The van der Waals surface area contributed by atoms with Crippen LogP contribution in [0.2, 0.25) is 0 Å². The zero-order valence-electron chi connectivity index (χ0n) is 12.6. The van der Waals surface area contributed by atoms with Crippen LogP contribution in [0.3, 0.4) is 0 Å². The van der Waals surface area contributed by atoms with Crippen LogP contribution in [-0.2, 0) is 0 Å². The number of unbranched alkanes of at least 4 members (excludes halogenated alkanes) is 3. The average molecular weight is 372 g/mol. The minimum atomic E-state index is -1.37. The Morgan fingerprint density at radius 2 is 0.941 bits per heavy atom. The molecule has 0 aliphatic heterocycles. The predicted molar refractivity (Wildman–Crippen MR) is 95.4 cm³/mol. The monoisotopic (exact) mass is 372 g/mol. The summed E-state index contributed by atoms with van der Waals surface area (Å²) in [5.74, 6) is 0. The van der Waals surface area contributed by atoms with Gasteiger partial charge in [0, 0.05) is 0 Å². The van der Waals surface area contributed by atoms with E-state index in [-0.39, 0.29) is 0 Å². The van der Waals surface area contributed by atoms with Crippen LogP contribution in [0.15, 0.2) is 0 Å². The topological polar surface area (TPSA) is 0 Å². The molecule has 0 aromatic heterocycles. The van der Waals surface area contributed by atoms with E-state index in [1.54, 1.807) is 24.6 Å². The van der Waals surface area contributed by atoms with Crippen molar-refractivity contribution < 1.29 is 0 Å². The molecule has 0 saturated carbocycles. The Labute approximate surface area is 123 Å². The number of rotatable bonds is 11. The van der Waals surface area contributed by atoms with Crippen molar-refractivity contribution in [3.05, 3.63) is 0 Å². The van der Waals surface area contributed by atoms with Gasteiger partial charge in [-0.3, -0.25) is 0 Å². The van der Waals surface area contributed by atoms with Crippen molar-refractivity contribution in [2.24, 2.45) is 0 Å². The van der Waals surface area contributed by atoms with Gasteiger partial charge < -0.3 is 0 Å². The summed E-state index contributed by atoms with van der Waals surface area (Å²) in [5, 5.41) is 0. The Hall–Kier alpha value is 1.16. The Kier molecular flexibility index (Phi) is 9.75. The van der Waals surface area contributed by atoms with E-state index in [9.17, 15) is 0 Å². The molecule has 0 aromatic rings. The summed E-state index contributed by atoms with van der Waals surface area (Å²) in [7, 11) is 0. The second-order valence-electron chi connectivity index (χ2n) is 5.77. The van der Waals surface area contributed by atoms with Crippen LogP contribution < -0.4 is 0 Å². The Morgan fingerprint density at radius 1 is 0.588 bits per heavy atom. The van der Waals surface area contributed by atoms with Gasteiger partial charge in [-0.15, -0.1) is 0 Å². The molecule has 0 saturated heterocycles. The SMILES string of the molecule is CCCCP(I)(CCC)(CCCC)CCCC. The van der Waals surface area contributed by atoms with Crippen LogP contribution in [0.25, 0.3) is 0 Å². The van der Waals surface area contributed by atoms with Gasteiger partial charge in [-0.05, 0) is 0 Å². The molecule has 106 valence electrons. The maximum absolute atomic E-state index is 3.01. The molecular formula is C15H34IP. The van der Waals surface area contributed by atoms with Gasteiger partial charge in [-0.1, -0.05) is 0 Å². The van der Waals surface area contributed by atoms with Crippen molar-refractivity contribution in [2.75, 3.05) is 24.6 Å². The second-order valence-corrected chi connectivity index (χ2v) is 19.4. The van der Waals surface area contributed by atoms with Crippen LogP contribution in [0.1, 0.15) is 72.6 Å². The quantitative estimate of drug-likeness (QED) is 0.280. The standard InChI is InChI=1S/C15H34IP/c1-5-9-13-17(16,12-8-4,14-10-6-2)15-11-7-3/h5-15H2,1-4H3. The van der Waals surface area contributed by atoms with Gasteiger partial charge >= 0.3 is 124 Å². The summed E-state index contributed by atoms with van der Waals surface area (Å²) in [6.45, 7) is 9.44. The van der Waals surface area contributed by atoms with E-state index in [4.69, 9.17) is 0 Å². The van der Waals surface area contributed by atoms with Crippen molar-refractivity contribution in [1.29, 1.82) is 0 Å². The van der Waals surface area contributed by atoms with E-state index < -0.39 is 4.25 Å². The maximum atomic E-state index is 3.01. The summed E-state index contributed by atoms with van der Waals surface area (Å²) < 4.78 is -1.37. The third kappa shape index (κ3) is 6.76. The van der Waals surface area contributed by atoms with Crippen LogP contribution in [0.5, 0.6) is 0 Å². The molecular weight excluding hydrogens is 338 g/mol. The van der Waals surface area contributed by atoms with Crippen LogP contribution in [-0.4, -0.2) is 24.6 Å². The van der Waals surface area contributed by atoms with Crippen molar-refractivity contribution in [1.82, 2.24) is 0 Å².